The first-order chi connectivity index (χ1) is 13.1. The Morgan fingerprint density at radius 1 is 1.19 bits per heavy atom. The van der Waals surface area contributed by atoms with E-state index in [1.165, 1.54) is 22.7 Å². The van der Waals surface area contributed by atoms with Gasteiger partial charge in [-0.25, -0.2) is 9.37 Å². The number of benzene rings is 2. The van der Waals surface area contributed by atoms with Crippen LogP contribution in [0, 0.1) is 12.7 Å². The van der Waals surface area contributed by atoms with Gasteiger partial charge in [-0.15, -0.1) is 11.8 Å². The number of amides is 1. The van der Waals surface area contributed by atoms with Crippen LogP contribution in [0.4, 0.5) is 4.39 Å². The molecule has 1 amide bonds. The van der Waals surface area contributed by atoms with Crippen molar-refractivity contribution in [2.24, 2.45) is 0 Å². The van der Waals surface area contributed by atoms with Gasteiger partial charge >= 0.3 is 0 Å². The SMILES string of the molecule is Cc1ccc(SCCNC(=O)CCc2ncc(-c3ccccc3F)o2)cc1. The molecule has 1 N–H and O–H groups in total. The van der Waals surface area contributed by atoms with E-state index in [0.29, 0.717) is 30.2 Å². The summed E-state index contributed by atoms with van der Waals surface area (Å²) in [4.78, 5) is 17.3. The second-order valence-corrected chi connectivity index (χ2v) is 7.28. The molecule has 3 aromatic rings. The average Bonchev–Trinajstić information content (AvgIpc) is 3.14. The Morgan fingerprint density at radius 3 is 2.74 bits per heavy atom. The predicted molar refractivity (Wildman–Crippen MR) is 105 cm³/mol. The highest BCUT2D eigenvalue weighted by atomic mass is 32.2. The summed E-state index contributed by atoms with van der Waals surface area (Å²) in [5, 5.41) is 2.89. The maximum absolute atomic E-state index is 13.8. The van der Waals surface area contributed by atoms with Crippen molar-refractivity contribution >= 4 is 17.7 Å². The summed E-state index contributed by atoms with van der Waals surface area (Å²) >= 11 is 1.71. The number of hydrogen-bond acceptors (Lipinski definition) is 4. The van der Waals surface area contributed by atoms with Gasteiger partial charge in [0.05, 0.1) is 11.8 Å². The Hall–Kier alpha value is -2.60. The number of carbonyl (C=O) groups excluding carboxylic acids is 1. The number of aryl methyl sites for hydroxylation is 2. The van der Waals surface area contributed by atoms with Gasteiger partial charge in [0, 0.05) is 30.0 Å². The zero-order valence-corrected chi connectivity index (χ0v) is 15.9. The number of halogens is 1. The van der Waals surface area contributed by atoms with Crippen molar-refractivity contribution in [1.29, 1.82) is 0 Å². The Kier molecular flexibility index (Phi) is 6.65. The van der Waals surface area contributed by atoms with Gasteiger partial charge in [0.15, 0.2) is 11.7 Å². The maximum atomic E-state index is 13.8. The van der Waals surface area contributed by atoms with Crippen LogP contribution < -0.4 is 5.32 Å². The summed E-state index contributed by atoms with van der Waals surface area (Å²) < 4.78 is 19.3. The van der Waals surface area contributed by atoms with Crippen LogP contribution in [0.3, 0.4) is 0 Å². The van der Waals surface area contributed by atoms with E-state index in [4.69, 9.17) is 4.42 Å². The van der Waals surface area contributed by atoms with E-state index in [1.807, 2.05) is 0 Å². The van der Waals surface area contributed by atoms with Gasteiger partial charge in [-0.1, -0.05) is 29.8 Å². The largest absolute Gasteiger partial charge is 0.441 e. The fourth-order valence-corrected chi connectivity index (χ4v) is 3.28. The Bertz CT molecular complexity index is 893. The highest BCUT2D eigenvalue weighted by molar-refractivity contribution is 7.99. The van der Waals surface area contributed by atoms with Crippen LogP contribution in [0.5, 0.6) is 0 Å². The topological polar surface area (TPSA) is 55.1 Å². The third-order valence-corrected chi connectivity index (χ3v) is 4.99. The molecular weight excluding hydrogens is 363 g/mol. The number of rotatable bonds is 8. The molecule has 140 valence electrons. The molecule has 0 aliphatic rings. The molecule has 0 radical (unpaired) electrons. The first kappa shape index (κ1) is 19.2. The summed E-state index contributed by atoms with van der Waals surface area (Å²) in [6, 6.07) is 14.7. The number of aromatic nitrogens is 1. The monoisotopic (exact) mass is 384 g/mol. The zero-order valence-electron chi connectivity index (χ0n) is 15.1. The van der Waals surface area contributed by atoms with Crippen molar-refractivity contribution < 1.29 is 13.6 Å². The van der Waals surface area contributed by atoms with Gasteiger partial charge in [0.2, 0.25) is 5.91 Å². The normalized spacial score (nSPS) is 10.7. The molecule has 1 heterocycles. The summed E-state index contributed by atoms with van der Waals surface area (Å²) in [5.41, 5.74) is 1.60. The first-order valence-corrected chi connectivity index (χ1v) is 9.76. The van der Waals surface area contributed by atoms with Crippen LogP contribution in [-0.2, 0) is 11.2 Å². The molecule has 1 aromatic heterocycles. The lowest BCUT2D eigenvalue weighted by Crippen LogP contribution is -2.25. The van der Waals surface area contributed by atoms with Crippen LogP contribution in [0.1, 0.15) is 17.9 Å². The summed E-state index contributed by atoms with van der Waals surface area (Å²) in [7, 11) is 0. The molecule has 0 saturated carbocycles. The number of nitrogens with zero attached hydrogens (tertiary/aromatic N) is 1. The third-order valence-electron chi connectivity index (χ3n) is 3.97. The van der Waals surface area contributed by atoms with E-state index >= 15 is 0 Å². The van der Waals surface area contributed by atoms with Gasteiger partial charge < -0.3 is 9.73 Å². The number of carbonyl (C=O) groups is 1. The lowest BCUT2D eigenvalue weighted by molar-refractivity contribution is -0.121. The molecule has 0 fully saturated rings. The smallest absolute Gasteiger partial charge is 0.220 e. The van der Waals surface area contributed by atoms with Crippen molar-refractivity contribution in [3.8, 4) is 11.3 Å². The van der Waals surface area contributed by atoms with Crippen molar-refractivity contribution in [2.45, 2.75) is 24.7 Å². The Labute approximate surface area is 162 Å². The van der Waals surface area contributed by atoms with Gasteiger partial charge in [-0.3, -0.25) is 4.79 Å². The number of oxazole rings is 1. The minimum atomic E-state index is -0.357. The number of nitrogens with one attached hydrogen (secondary N) is 1. The first-order valence-electron chi connectivity index (χ1n) is 8.77. The van der Waals surface area contributed by atoms with Crippen LogP contribution in [0.15, 0.2) is 64.0 Å². The van der Waals surface area contributed by atoms with Crippen molar-refractivity contribution in [1.82, 2.24) is 10.3 Å². The maximum Gasteiger partial charge on any atom is 0.220 e. The molecule has 3 rings (SSSR count). The summed E-state index contributed by atoms with van der Waals surface area (Å²) in [6.45, 7) is 2.66. The van der Waals surface area contributed by atoms with Gasteiger partial charge in [0.25, 0.3) is 0 Å². The fourth-order valence-electron chi connectivity index (χ4n) is 2.51. The number of thioether (sulfide) groups is 1. The van der Waals surface area contributed by atoms with E-state index in [2.05, 4.69) is 41.5 Å². The standard InChI is InChI=1S/C21H21FN2O2S/c1-15-6-8-16(9-7-15)27-13-12-23-20(25)10-11-21-24-14-19(26-21)17-4-2-3-5-18(17)22/h2-9,14H,10-13H2,1H3,(H,23,25). The minimum absolute atomic E-state index is 0.0508. The van der Waals surface area contributed by atoms with Gasteiger partial charge in [-0.05, 0) is 31.2 Å². The molecule has 0 bridgehead atoms. The molecule has 27 heavy (non-hydrogen) atoms. The van der Waals surface area contributed by atoms with Crippen LogP contribution in [0.2, 0.25) is 0 Å². The van der Waals surface area contributed by atoms with E-state index in [1.54, 1.807) is 30.0 Å². The fraction of sp³-hybridized carbons (Fsp3) is 0.238. The molecular formula is C21H21FN2O2S. The molecule has 0 spiro atoms. The molecule has 4 nitrogen and oxygen atoms in total. The van der Waals surface area contributed by atoms with E-state index in [-0.39, 0.29) is 18.1 Å². The second-order valence-electron chi connectivity index (χ2n) is 6.11. The summed E-state index contributed by atoms with van der Waals surface area (Å²) in [6.07, 6.45) is 2.15. The highest BCUT2D eigenvalue weighted by Gasteiger charge is 2.11. The Balaban J connectivity index is 1.39. The second kappa shape index (κ2) is 9.37. The van der Waals surface area contributed by atoms with Crippen molar-refractivity contribution in [2.75, 3.05) is 12.3 Å². The van der Waals surface area contributed by atoms with Crippen LogP contribution in [-0.4, -0.2) is 23.2 Å². The molecule has 0 aliphatic carbocycles. The van der Waals surface area contributed by atoms with Gasteiger partial charge in [0.1, 0.15) is 5.82 Å². The van der Waals surface area contributed by atoms with E-state index < -0.39 is 0 Å². The minimum Gasteiger partial charge on any atom is -0.441 e. The number of hydrogen-bond donors (Lipinski definition) is 1. The Morgan fingerprint density at radius 2 is 1.96 bits per heavy atom. The average molecular weight is 384 g/mol. The molecule has 2 aromatic carbocycles. The van der Waals surface area contributed by atoms with E-state index in [0.717, 1.165) is 5.75 Å². The van der Waals surface area contributed by atoms with E-state index in [9.17, 15) is 9.18 Å². The van der Waals surface area contributed by atoms with Crippen LogP contribution in [0.25, 0.3) is 11.3 Å². The molecule has 0 unspecified atom stereocenters. The lowest BCUT2D eigenvalue weighted by Gasteiger charge is -2.05. The van der Waals surface area contributed by atoms with Gasteiger partial charge in [-0.2, -0.15) is 0 Å². The molecule has 0 saturated heterocycles. The van der Waals surface area contributed by atoms with Crippen LogP contribution >= 0.6 is 11.8 Å². The summed E-state index contributed by atoms with van der Waals surface area (Å²) in [5.74, 6) is 1.20. The quantitative estimate of drug-likeness (QED) is 0.454. The van der Waals surface area contributed by atoms with Crippen molar-refractivity contribution in [3.63, 3.8) is 0 Å². The zero-order chi connectivity index (χ0) is 19.1. The lowest BCUT2D eigenvalue weighted by atomic mass is 10.2. The molecule has 0 atom stereocenters. The molecule has 0 aliphatic heterocycles. The predicted octanol–water partition coefficient (Wildman–Crippen LogP) is 4.63. The molecule has 6 heteroatoms. The highest BCUT2D eigenvalue weighted by Crippen LogP contribution is 2.23. The van der Waals surface area contributed by atoms with Crippen molar-refractivity contribution in [3.05, 3.63) is 72.0 Å². The third kappa shape index (κ3) is 5.69.